The van der Waals surface area contributed by atoms with Gasteiger partial charge in [0.25, 0.3) is 5.56 Å². The molecule has 1 aromatic carbocycles. The Hall–Kier alpha value is -2.52. The zero-order valence-electron chi connectivity index (χ0n) is 17.9. The van der Waals surface area contributed by atoms with Crippen molar-refractivity contribution >= 4 is 41.7 Å². The molecule has 0 saturated heterocycles. The van der Waals surface area contributed by atoms with Gasteiger partial charge in [-0.1, -0.05) is 6.07 Å². The number of aromatic amines is 1. The summed E-state index contributed by atoms with van der Waals surface area (Å²) < 4.78 is 2.11. The Balaban J connectivity index is 0.00000240. The third-order valence-electron chi connectivity index (χ3n) is 5.12. The number of pyridine rings is 1. The van der Waals surface area contributed by atoms with Gasteiger partial charge in [-0.25, -0.2) is 4.79 Å². The highest BCUT2D eigenvalue weighted by Gasteiger charge is 2.20. The summed E-state index contributed by atoms with van der Waals surface area (Å²) in [5.74, 6) is -1.96. The number of halogens is 2. The van der Waals surface area contributed by atoms with Crippen LogP contribution < -0.4 is 10.9 Å². The molecule has 4 N–H and O–H groups in total. The Kier molecular flexibility index (Phi) is 9.13. The molecule has 0 saturated carbocycles. The minimum atomic E-state index is -1.46. The Morgan fingerprint density at radius 1 is 1.23 bits per heavy atom. The molecule has 0 bridgehead atoms. The van der Waals surface area contributed by atoms with Crippen molar-refractivity contribution in [3.8, 4) is 17.0 Å². The van der Waals surface area contributed by atoms with Crippen LogP contribution in [0.4, 0.5) is 0 Å². The van der Waals surface area contributed by atoms with Crippen LogP contribution in [0.15, 0.2) is 29.1 Å². The summed E-state index contributed by atoms with van der Waals surface area (Å²) in [7, 11) is 6.08. The van der Waals surface area contributed by atoms with E-state index in [0.29, 0.717) is 16.8 Å². The van der Waals surface area contributed by atoms with Gasteiger partial charge in [-0.05, 0) is 44.8 Å². The van der Waals surface area contributed by atoms with Gasteiger partial charge in [-0.2, -0.15) is 0 Å². The molecule has 0 atom stereocenters. The van der Waals surface area contributed by atoms with Crippen LogP contribution in [0.2, 0.25) is 0 Å². The largest absolute Gasteiger partial charge is 0.506 e. The normalized spacial score (nSPS) is 10.7. The van der Waals surface area contributed by atoms with Gasteiger partial charge in [0.1, 0.15) is 5.75 Å². The number of rotatable bonds is 7. The lowest BCUT2D eigenvalue weighted by Gasteiger charge is -2.11. The van der Waals surface area contributed by atoms with Crippen molar-refractivity contribution in [2.24, 2.45) is 7.05 Å². The molecule has 0 spiro atoms. The van der Waals surface area contributed by atoms with Gasteiger partial charge in [0, 0.05) is 48.8 Å². The van der Waals surface area contributed by atoms with Crippen molar-refractivity contribution in [2.45, 2.75) is 13.5 Å². The SMILES string of the molecule is Cc1c(-c2ccc3c(c2)cc(CNCCN(C)C)n3C)[nH]c(=O)c(C(=O)O)c1O.Cl.Cl. The van der Waals surface area contributed by atoms with Crippen LogP contribution in [0.5, 0.6) is 5.75 Å². The fraction of sp³-hybridized carbons (Fsp3) is 0.333. The number of likely N-dealkylation sites (N-methyl/N-ethyl adjacent to an activating group) is 1. The summed E-state index contributed by atoms with van der Waals surface area (Å²) in [5, 5.41) is 23.8. The summed E-state index contributed by atoms with van der Waals surface area (Å²) in [6.45, 7) is 4.16. The van der Waals surface area contributed by atoms with Gasteiger partial charge in [0.2, 0.25) is 0 Å². The Morgan fingerprint density at radius 2 is 1.90 bits per heavy atom. The minimum absolute atomic E-state index is 0. The van der Waals surface area contributed by atoms with Crippen LogP contribution in [-0.4, -0.2) is 57.8 Å². The third-order valence-corrected chi connectivity index (χ3v) is 5.12. The van der Waals surface area contributed by atoms with E-state index < -0.39 is 22.8 Å². The first kappa shape index (κ1) is 26.5. The number of fused-ring (bicyclic) bond motifs is 1. The lowest BCUT2D eigenvalue weighted by molar-refractivity contribution is 0.0691. The summed E-state index contributed by atoms with van der Waals surface area (Å²) in [5.41, 5.74) is 2.15. The molecule has 170 valence electrons. The van der Waals surface area contributed by atoms with Crippen LogP contribution in [0.1, 0.15) is 21.6 Å². The summed E-state index contributed by atoms with van der Waals surface area (Å²) in [6, 6.07) is 7.81. The van der Waals surface area contributed by atoms with E-state index >= 15 is 0 Å². The van der Waals surface area contributed by atoms with Crippen molar-refractivity contribution in [1.82, 2.24) is 19.8 Å². The van der Waals surface area contributed by atoms with E-state index in [1.165, 1.54) is 0 Å². The number of H-pyrrole nitrogens is 1. The molecule has 2 aromatic heterocycles. The van der Waals surface area contributed by atoms with Gasteiger partial charge in [0.15, 0.2) is 5.56 Å². The molecule has 8 nitrogen and oxygen atoms in total. The van der Waals surface area contributed by atoms with Crippen molar-refractivity contribution in [3.05, 3.63) is 51.4 Å². The minimum Gasteiger partial charge on any atom is -0.506 e. The molecule has 0 aliphatic rings. The molecular weight excluding hydrogens is 443 g/mol. The molecule has 10 heteroatoms. The molecule has 3 aromatic rings. The average molecular weight is 471 g/mol. The predicted octanol–water partition coefficient (Wildman–Crippen LogP) is 2.74. The zero-order valence-corrected chi connectivity index (χ0v) is 19.5. The summed E-state index contributed by atoms with van der Waals surface area (Å²) >= 11 is 0. The number of aryl methyl sites for hydroxylation is 1. The second kappa shape index (κ2) is 10.7. The number of carbonyl (C=O) groups is 1. The van der Waals surface area contributed by atoms with E-state index in [-0.39, 0.29) is 24.8 Å². The Labute approximate surface area is 192 Å². The first-order valence-corrected chi connectivity index (χ1v) is 9.34. The number of carboxylic acid groups (broad SMARTS) is 1. The molecule has 0 unspecified atom stereocenters. The van der Waals surface area contributed by atoms with E-state index in [9.17, 15) is 14.7 Å². The molecule has 2 heterocycles. The van der Waals surface area contributed by atoms with E-state index in [4.69, 9.17) is 5.11 Å². The van der Waals surface area contributed by atoms with Crippen LogP contribution in [0.25, 0.3) is 22.2 Å². The van der Waals surface area contributed by atoms with E-state index in [1.807, 2.05) is 39.3 Å². The molecular formula is C21H28Cl2N4O4. The van der Waals surface area contributed by atoms with Crippen molar-refractivity contribution in [1.29, 1.82) is 0 Å². The maximum atomic E-state index is 12.1. The first-order chi connectivity index (χ1) is 13.7. The van der Waals surface area contributed by atoms with Crippen molar-refractivity contribution < 1.29 is 15.0 Å². The molecule has 0 aliphatic carbocycles. The highest BCUT2D eigenvalue weighted by Crippen LogP contribution is 2.31. The fourth-order valence-electron chi connectivity index (χ4n) is 3.42. The molecule has 3 rings (SSSR count). The van der Waals surface area contributed by atoms with Gasteiger partial charge in [0.05, 0.1) is 5.69 Å². The third kappa shape index (κ3) is 5.40. The summed E-state index contributed by atoms with van der Waals surface area (Å²) in [4.78, 5) is 28.1. The number of carboxylic acids is 1. The molecule has 0 aliphatic heterocycles. The van der Waals surface area contributed by atoms with E-state index in [0.717, 1.165) is 36.2 Å². The lowest BCUT2D eigenvalue weighted by Crippen LogP contribution is -2.26. The van der Waals surface area contributed by atoms with E-state index in [2.05, 4.69) is 25.8 Å². The number of nitrogens with zero attached hydrogens (tertiary/aromatic N) is 2. The second-order valence-electron chi connectivity index (χ2n) is 7.43. The smallest absolute Gasteiger partial charge is 0.345 e. The number of benzene rings is 1. The molecule has 0 radical (unpaired) electrons. The summed E-state index contributed by atoms with van der Waals surface area (Å²) in [6.07, 6.45) is 0. The number of aromatic nitrogens is 2. The highest BCUT2D eigenvalue weighted by molar-refractivity contribution is 5.92. The second-order valence-corrected chi connectivity index (χ2v) is 7.43. The number of aromatic carboxylic acids is 1. The van der Waals surface area contributed by atoms with Crippen LogP contribution >= 0.6 is 24.8 Å². The predicted molar refractivity (Wildman–Crippen MR) is 127 cm³/mol. The molecule has 31 heavy (non-hydrogen) atoms. The Bertz CT molecular complexity index is 1140. The van der Waals surface area contributed by atoms with Crippen LogP contribution in [-0.2, 0) is 13.6 Å². The van der Waals surface area contributed by atoms with Crippen LogP contribution in [0, 0.1) is 6.92 Å². The first-order valence-electron chi connectivity index (χ1n) is 9.34. The highest BCUT2D eigenvalue weighted by atomic mass is 35.5. The van der Waals surface area contributed by atoms with Crippen molar-refractivity contribution in [3.63, 3.8) is 0 Å². The Morgan fingerprint density at radius 3 is 2.52 bits per heavy atom. The number of aromatic hydroxyl groups is 1. The van der Waals surface area contributed by atoms with Crippen LogP contribution in [0.3, 0.4) is 0 Å². The standard InChI is InChI=1S/C21H26N4O4.2ClH/c1-12-18(23-20(27)17(19(12)26)21(28)29)13-5-6-16-14(9-13)10-15(25(16)4)11-22-7-8-24(2)3;;/h5-6,9-10,22H,7-8,11H2,1-4H3,(H,28,29)(H2,23,26,27);2*1H. The lowest BCUT2D eigenvalue weighted by atomic mass is 10.0. The number of hydrogen-bond acceptors (Lipinski definition) is 5. The molecule has 0 fully saturated rings. The van der Waals surface area contributed by atoms with Gasteiger partial charge in [-0.3, -0.25) is 4.79 Å². The zero-order chi connectivity index (χ0) is 21.3. The van der Waals surface area contributed by atoms with Gasteiger partial charge in [-0.15, -0.1) is 24.8 Å². The van der Waals surface area contributed by atoms with Crippen molar-refractivity contribution in [2.75, 3.05) is 27.2 Å². The number of nitrogens with one attached hydrogen (secondary N) is 2. The topological polar surface area (TPSA) is 111 Å². The van der Waals surface area contributed by atoms with E-state index in [1.54, 1.807) is 6.92 Å². The number of hydrogen-bond donors (Lipinski definition) is 4. The maximum absolute atomic E-state index is 12.1. The average Bonchev–Trinajstić information content (AvgIpc) is 2.96. The van der Waals surface area contributed by atoms with Gasteiger partial charge >= 0.3 is 5.97 Å². The molecule has 0 amide bonds. The quantitative estimate of drug-likeness (QED) is 0.395. The van der Waals surface area contributed by atoms with Gasteiger partial charge < -0.3 is 30.0 Å². The monoisotopic (exact) mass is 470 g/mol. The maximum Gasteiger partial charge on any atom is 0.345 e. The fourth-order valence-corrected chi connectivity index (χ4v) is 3.42.